The number of aromatic nitrogens is 2. The van der Waals surface area contributed by atoms with E-state index in [1.54, 1.807) is 14.1 Å². The van der Waals surface area contributed by atoms with Crippen molar-refractivity contribution in [3.63, 3.8) is 0 Å². The summed E-state index contributed by atoms with van der Waals surface area (Å²) in [5, 5.41) is 36.8. The minimum Gasteiger partial charge on any atom is -0.493 e. The fourth-order valence-electron chi connectivity index (χ4n) is 3.66. The van der Waals surface area contributed by atoms with Crippen LogP contribution < -0.4 is 0 Å². The third kappa shape index (κ3) is 3.98. The van der Waals surface area contributed by atoms with Gasteiger partial charge in [-0.05, 0) is 38.1 Å². The molecular formula is C23H22N6O4. The molecule has 0 unspecified atom stereocenters. The summed E-state index contributed by atoms with van der Waals surface area (Å²) in [6.07, 6.45) is -0.651. The normalized spacial score (nSPS) is 12.0. The molecule has 4 aromatic rings. The van der Waals surface area contributed by atoms with Gasteiger partial charge in [0.1, 0.15) is 6.42 Å². The summed E-state index contributed by atoms with van der Waals surface area (Å²) in [5.41, 5.74) is 3.67. The Balaban J connectivity index is 1.52. The van der Waals surface area contributed by atoms with Crippen LogP contribution in [-0.4, -0.2) is 31.2 Å². The van der Waals surface area contributed by atoms with Gasteiger partial charge < -0.3 is 19.3 Å². The molecule has 0 bridgehead atoms. The third-order valence-electron chi connectivity index (χ3n) is 5.42. The number of aryl methyl sites for hydroxylation is 4. The van der Waals surface area contributed by atoms with Crippen molar-refractivity contribution in [3.05, 3.63) is 47.5 Å². The molecule has 33 heavy (non-hydrogen) atoms. The highest BCUT2D eigenvalue weighted by atomic mass is 16.3. The quantitative estimate of drug-likeness (QED) is 0.337. The zero-order valence-corrected chi connectivity index (χ0v) is 18.6. The van der Waals surface area contributed by atoms with Crippen LogP contribution >= 0.6 is 0 Å². The van der Waals surface area contributed by atoms with Crippen LogP contribution in [0.3, 0.4) is 0 Å². The molecule has 0 saturated carbocycles. The number of nitrogens with zero attached hydrogens (tertiary/aromatic N) is 6. The number of hydrogen-bond donors (Lipinski definition) is 2. The molecule has 4 rings (SSSR count). The van der Waals surface area contributed by atoms with Gasteiger partial charge in [0.2, 0.25) is 11.8 Å². The number of benzene rings is 2. The van der Waals surface area contributed by atoms with Crippen molar-refractivity contribution in [3.8, 4) is 11.8 Å². The first kappa shape index (κ1) is 21.9. The van der Waals surface area contributed by atoms with Crippen LogP contribution in [-0.2, 0) is 23.7 Å². The van der Waals surface area contributed by atoms with Gasteiger partial charge in [0.15, 0.2) is 11.4 Å². The molecule has 2 amide bonds. The highest BCUT2D eigenvalue weighted by Gasteiger charge is 2.17. The van der Waals surface area contributed by atoms with Gasteiger partial charge in [0.05, 0.1) is 11.0 Å². The summed E-state index contributed by atoms with van der Waals surface area (Å²) in [6.45, 7) is 3.79. The number of amides is 2. The SMILES string of the molecule is Cc1ccc2c(c1)c(N=NC(=O)CC(=O)N=Nc1c(O)n(C)c3ccc(C)cc13)c(O)n2C. The fraction of sp³-hybridized carbons (Fsp3) is 0.217. The van der Waals surface area contributed by atoms with E-state index >= 15 is 0 Å². The second-order valence-corrected chi connectivity index (χ2v) is 7.87. The molecule has 0 aliphatic carbocycles. The Bertz CT molecular complexity index is 1380. The van der Waals surface area contributed by atoms with Crippen LogP contribution in [0.15, 0.2) is 56.9 Å². The van der Waals surface area contributed by atoms with Crippen LogP contribution in [0, 0.1) is 13.8 Å². The van der Waals surface area contributed by atoms with E-state index in [2.05, 4.69) is 20.5 Å². The summed E-state index contributed by atoms with van der Waals surface area (Å²) < 4.78 is 3.07. The van der Waals surface area contributed by atoms with Gasteiger partial charge in [-0.3, -0.25) is 9.59 Å². The van der Waals surface area contributed by atoms with Crippen LogP contribution in [0.1, 0.15) is 17.5 Å². The van der Waals surface area contributed by atoms with E-state index in [1.807, 2.05) is 50.2 Å². The topological polar surface area (TPSA) is 134 Å². The minimum atomic E-state index is -0.832. The smallest absolute Gasteiger partial charge is 0.274 e. The van der Waals surface area contributed by atoms with E-state index in [4.69, 9.17) is 0 Å². The largest absolute Gasteiger partial charge is 0.493 e. The lowest BCUT2D eigenvalue weighted by atomic mass is 10.1. The molecule has 0 aliphatic heterocycles. The Labute approximate surface area is 188 Å². The molecule has 168 valence electrons. The Morgan fingerprint density at radius 2 is 1.15 bits per heavy atom. The van der Waals surface area contributed by atoms with E-state index < -0.39 is 18.2 Å². The number of carbonyl (C=O) groups excluding carboxylic acids is 2. The molecule has 0 aliphatic rings. The second kappa shape index (κ2) is 8.30. The highest BCUT2D eigenvalue weighted by Crippen LogP contribution is 2.39. The number of carbonyl (C=O) groups is 2. The first-order chi connectivity index (χ1) is 15.7. The zero-order valence-electron chi connectivity index (χ0n) is 18.6. The highest BCUT2D eigenvalue weighted by molar-refractivity contribution is 5.99. The predicted octanol–water partition coefficient (Wildman–Crippen LogP) is 5.01. The number of hydrogen-bond acceptors (Lipinski definition) is 6. The van der Waals surface area contributed by atoms with E-state index in [0.29, 0.717) is 10.8 Å². The Hall–Kier alpha value is -4.34. The van der Waals surface area contributed by atoms with E-state index in [-0.39, 0.29) is 23.1 Å². The Morgan fingerprint density at radius 3 is 1.55 bits per heavy atom. The summed E-state index contributed by atoms with van der Waals surface area (Å²) in [6, 6.07) is 11.1. The van der Waals surface area contributed by atoms with E-state index in [0.717, 1.165) is 22.2 Å². The van der Waals surface area contributed by atoms with Crippen molar-refractivity contribution in [2.24, 2.45) is 34.6 Å². The van der Waals surface area contributed by atoms with Gasteiger partial charge in [-0.2, -0.15) is 0 Å². The molecule has 10 nitrogen and oxygen atoms in total. The minimum absolute atomic E-state index is 0.139. The Morgan fingerprint density at radius 1 is 0.758 bits per heavy atom. The molecule has 0 fully saturated rings. The molecule has 0 saturated heterocycles. The van der Waals surface area contributed by atoms with E-state index in [1.165, 1.54) is 9.13 Å². The average molecular weight is 446 g/mol. The summed E-state index contributed by atoms with van der Waals surface area (Å²) >= 11 is 0. The molecule has 0 spiro atoms. The number of aromatic hydroxyl groups is 2. The molecule has 0 radical (unpaired) electrons. The first-order valence-corrected chi connectivity index (χ1v) is 10.1. The van der Waals surface area contributed by atoms with Gasteiger partial charge in [-0.1, -0.05) is 23.3 Å². The summed E-state index contributed by atoms with van der Waals surface area (Å²) in [7, 11) is 3.34. The molecule has 2 aromatic carbocycles. The predicted molar refractivity (Wildman–Crippen MR) is 122 cm³/mol. The monoisotopic (exact) mass is 446 g/mol. The maximum absolute atomic E-state index is 12.2. The van der Waals surface area contributed by atoms with Gasteiger partial charge >= 0.3 is 0 Å². The summed E-state index contributed by atoms with van der Waals surface area (Å²) in [5.74, 6) is -1.94. The standard InChI is InChI=1S/C23H22N6O4/c1-12-5-7-16-14(9-12)20(22(32)28(16)3)26-24-18(30)11-19(31)25-27-21-15-10-13(2)6-8-17(15)29(4)23(21)33/h5-10,32-33H,11H2,1-4H3. The van der Waals surface area contributed by atoms with Crippen LogP contribution in [0.2, 0.25) is 0 Å². The molecule has 2 N–H and O–H groups in total. The van der Waals surface area contributed by atoms with Crippen molar-refractivity contribution in [1.29, 1.82) is 0 Å². The molecule has 0 atom stereocenters. The summed E-state index contributed by atoms with van der Waals surface area (Å²) in [4.78, 5) is 24.3. The maximum atomic E-state index is 12.2. The lowest BCUT2D eigenvalue weighted by molar-refractivity contribution is -0.126. The maximum Gasteiger partial charge on any atom is 0.274 e. The van der Waals surface area contributed by atoms with Crippen molar-refractivity contribution in [2.45, 2.75) is 20.3 Å². The number of fused-ring (bicyclic) bond motifs is 2. The van der Waals surface area contributed by atoms with Gasteiger partial charge in [0, 0.05) is 24.9 Å². The number of azo groups is 2. The lowest BCUT2D eigenvalue weighted by Crippen LogP contribution is -2.01. The Kier molecular flexibility index (Phi) is 5.50. The van der Waals surface area contributed by atoms with Crippen molar-refractivity contribution < 1.29 is 19.8 Å². The second-order valence-electron chi connectivity index (χ2n) is 7.87. The van der Waals surface area contributed by atoms with Crippen LogP contribution in [0.25, 0.3) is 21.8 Å². The molecular weight excluding hydrogens is 424 g/mol. The fourth-order valence-corrected chi connectivity index (χ4v) is 3.66. The average Bonchev–Trinajstić information content (AvgIpc) is 3.14. The number of rotatable bonds is 4. The van der Waals surface area contributed by atoms with Crippen LogP contribution in [0.4, 0.5) is 11.4 Å². The van der Waals surface area contributed by atoms with Gasteiger partial charge in [-0.15, -0.1) is 20.5 Å². The zero-order chi connectivity index (χ0) is 23.9. The van der Waals surface area contributed by atoms with Gasteiger partial charge in [0.25, 0.3) is 11.8 Å². The first-order valence-electron chi connectivity index (χ1n) is 10.1. The molecule has 2 heterocycles. The van der Waals surface area contributed by atoms with Crippen LogP contribution in [0.5, 0.6) is 11.8 Å². The third-order valence-corrected chi connectivity index (χ3v) is 5.42. The van der Waals surface area contributed by atoms with Crippen molar-refractivity contribution in [1.82, 2.24) is 9.13 Å². The van der Waals surface area contributed by atoms with E-state index in [9.17, 15) is 19.8 Å². The van der Waals surface area contributed by atoms with Crippen molar-refractivity contribution in [2.75, 3.05) is 0 Å². The molecule has 10 heteroatoms. The lowest BCUT2D eigenvalue weighted by Gasteiger charge is -1.96. The van der Waals surface area contributed by atoms with Crippen molar-refractivity contribution >= 4 is 45.0 Å². The van der Waals surface area contributed by atoms with Gasteiger partial charge in [-0.25, -0.2) is 0 Å². The molecule has 2 aromatic heterocycles.